The Kier molecular flexibility index (Phi) is 5.97. The van der Waals surface area contributed by atoms with Gasteiger partial charge in [0.1, 0.15) is 11.3 Å². The first-order chi connectivity index (χ1) is 17.2. The van der Waals surface area contributed by atoms with Crippen LogP contribution in [0.1, 0.15) is 11.4 Å². The molecule has 6 rings (SSSR count). The summed E-state index contributed by atoms with van der Waals surface area (Å²) in [5.74, 6) is 1.81. The van der Waals surface area contributed by atoms with Gasteiger partial charge in [-0.25, -0.2) is 14.6 Å². The van der Waals surface area contributed by atoms with Crippen molar-refractivity contribution in [1.82, 2.24) is 29.2 Å². The Hall–Kier alpha value is -3.27. The van der Waals surface area contributed by atoms with E-state index in [1.807, 2.05) is 16.9 Å². The fourth-order valence-corrected chi connectivity index (χ4v) is 4.84. The Bertz CT molecular complexity index is 1330. The highest BCUT2D eigenvalue weighted by Crippen LogP contribution is 2.30. The number of benzene rings is 1. The van der Waals surface area contributed by atoms with Gasteiger partial charge in [-0.1, -0.05) is 23.8 Å². The summed E-state index contributed by atoms with van der Waals surface area (Å²) in [6, 6.07) is 12.6. The quantitative estimate of drug-likeness (QED) is 0.441. The summed E-state index contributed by atoms with van der Waals surface area (Å²) in [4.78, 5) is 14.9. The average Bonchev–Trinajstić information content (AvgIpc) is 3.50. The Morgan fingerprint density at radius 2 is 1.69 bits per heavy atom. The third-order valence-corrected chi connectivity index (χ3v) is 6.84. The summed E-state index contributed by atoms with van der Waals surface area (Å²) in [5.41, 5.74) is 6.15. The van der Waals surface area contributed by atoms with E-state index in [4.69, 9.17) is 24.5 Å². The lowest BCUT2D eigenvalue weighted by molar-refractivity contribution is 0.0327. The van der Waals surface area contributed by atoms with Crippen molar-refractivity contribution in [3.8, 4) is 17.1 Å². The number of nitrogens with zero attached hydrogens (tertiary/aromatic N) is 7. The van der Waals surface area contributed by atoms with E-state index in [2.05, 4.69) is 58.7 Å². The molecule has 35 heavy (non-hydrogen) atoms. The molecule has 2 aliphatic rings. The van der Waals surface area contributed by atoms with Crippen LogP contribution in [0, 0.1) is 6.92 Å². The highest BCUT2D eigenvalue weighted by atomic mass is 16.5. The second-order valence-electron chi connectivity index (χ2n) is 9.26. The molecule has 1 aromatic carbocycles. The molecule has 0 spiro atoms. The van der Waals surface area contributed by atoms with Crippen LogP contribution in [0.25, 0.3) is 28.2 Å². The van der Waals surface area contributed by atoms with Gasteiger partial charge in [0.2, 0.25) is 0 Å². The van der Waals surface area contributed by atoms with Crippen LogP contribution < -0.4 is 4.90 Å². The van der Waals surface area contributed by atoms with Crippen LogP contribution in [0.3, 0.4) is 0 Å². The van der Waals surface area contributed by atoms with Gasteiger partial charge in [0.15, 0.2) is 11.5 Å². The van der Waals surface area contributed by atoms with Gasteiger partial charge >= 0.3 is 0 Å². The number of aromatic nitrogens is 5. The lowest BCUT2D eigenvalue weighted by Gasteiger charge is -2.29. The molecule has 5 heterocycles. The van der Waals surface area contributed by atoms with Gasteiger partial charge in [0.25, 0.3) is 0 Å². The zero-order valence-electron chi connectivity index (χ0n) is 20.4. The molecular formula is C26H31N7O2. The minimum atomic E-state index is 0.714. The number of ether oxygens (including phenoxy) is 2. The largest absolute Gasteiger partial charge is 0.379 e. The summed E-state index contributed by atoms with van der Waals surface area (Å²) >= 11 is 0. The van der Waals surface area contributed by atoms with Crippen LogP contribution in [0.15, 0.2) is 42.6 Å². The molecule has 4 aromatic rings. The van der Waals surface area contributed by atoms with E-state index in [-0.39, 0.29) is 0 Å². The third-order valence-electron chi connectivity index (χ3n) is 6.84. The summed E-state index contributed by atoms with van der Waals surface area (Å²) in [6.07, 6.45) is 1.99. The molecule has 2 saturated heterocycles. The van der Waals surface area contributed by atoms with E-state index in [1.54, 1.807) is 0 Å². The number of imidazole rings is 1. The number of morpholine rings is 2. The van der Waals surface area contributed by atoms with Crippen molar-refractivity contribution in [2.45, 2.75) is 13.5 Å². The Labute approximate surface area is 204 Å². The van der Waals surface area contributed by atoms with Crippen LogP contribution in [-0.4, -0.2) is 81.8 Å². The Balaban J connectivity index is 1.42. The van der Waals surface area contributed by atoms with Crippen molar-refractivity contribution < 1.29 is 9.47 Å². The molecule has 0 aliphatic carbocycles. The van der Waals surface area contributed by atoms with Crippen LogP contribution in [0.4, 0.5) is 5.69 Å². The van der Waals surface area contributed by atoms with Gasteiger partial charge in [-0.15, -0.1) is 0 Å². The predicted octanol–water partition coefficient (Wildman–Crippen LogP) is 2.80. The van der Waals surface area contributed by atoms with Crippen LogP contribution in [0.5, 0.6) is 0 Å². The topological polar surface area (TPSA) is 73.5 Å². The van der Waals surface area contributed by atoms with Crippen LogP contribution in [0.2, 0.25) is 0 Å². The number of rotatable bonds is 5. The Morgan fingerprint density at radius 3 is 2.46 bits per heavy atom. The maximum absolute atomic E-state index is 5.62. The molecule has 0 bridgehead atoms. The summed E-state index contributed by atoms with van der Waals surface area (Å²) in [6.45, 7) is 9.37. The number of hydrogen-bond donors (Lipinski definition) is 0. The lowest BCUT2D eigenvalue weighted by atomic mass is 10.1. The standard InChI is InChI=1S/C26H31N7O2/c1-19-4-3-5-20(16-19)21-6-7-33(29-21)23-17-22(32-10-14-35-15-11-32)25-26(28-23)30(2)24(27-25)18-31-8-12-34-13-9-31/h3-7,16-17H,8-15,18H2,1-2H3. The van der Waals surface area contributed by atoms with Crippen molar-refractivity contribution in [2.24, 2.45) is 7.05 Å². The van der Waals surface area contributed by atoms with E-state index < -0.39 is 0 Å². The minimum Gasteiger partial charge on any atom is -0.379 e. The Morgan fingerprint density at radius 1 is 0.914 bits per heavy atom. The summed E-state index contributed by atoms with van der Waals surface area (Å²) in [5, 5.41) is 4.87. The number of fused-ring (bicyclic) bond motifs is 1. The minimum absolute atomic E-state index is 0.714. The van der Waals surface area contributed by atoms with Gasteiger partial charge in [-0.3, -0.25) is 4.90 Å². The second kappa shape index (κ2) is 9.41. The monoisotopic (exact) mass is 473 g/mol. The van der Waals surface area contributed by atoms with Gasteiger partial charge in [-0.05, 0) is 19.1 Å². The molecule has 9 nitrogen and oxygen atoms in total. The number of aryl methyl sites for hydroxylation is 2. The van der Waals surface area contributed by atoms with E-state index in [0.717, 1.165) is 85.7 Å². The van der Waals surface area contributed by atoms with Crippen LogP contribution in [-0.2, 0) is 23.1 Å². The zero-order chi connectivity index (χ0) is 23.8. The maximum atomic E-state index is 5.62. The molecule has 2 fully saturated rings. The highest BCUT2D eigenvalue weighted by Gasteiger charge is 2.23. The molecule has 3 aromatic heterocycles. The highest BCUT2D eigenvalue weighted by molar-refractivity contribution is 5.88. The van der Waals surface area contributed by atoms with Gasteiger partial charge in [0.05, 0.1) is 44.4 Å². The molecule has 0 amide bonds. The second-order valence-corrected chi connectivity index (χ2v) is 9.26. The normalized spacial score (nSPS) is 17.4. The first kappa shape index (κ1) is 22.2. The van der Waals surface area contributed by atoms with Crippen molar-refractivity contribution >= 4 is 16.9 Å². The number of anilines is 1. The molecule has 182 valence electrons. The number of pyridine rings is 1. The first-order valence-corrected chi connectivity index (χ1v) is 12.3. The zero-order valence-corrected chi connectivity index (χ0v) is 20.4. The van der Waals surface area contributed by atoms with E-state index >= 15 is 0 Å². The summed E-state index contributed by atoms with van der Waals surface area (Å²) in [7, 11) is 2.06. The lowest BCUT2D eigenvalue weighted by Crippen LogP contribution is -2.36. The van der Waals surface area contributed by atoms with E-state index in [0.29, 0.717) is 13.2 Å². The SMILES string of the molecule is Cc1cccc(-c2ccn(-c3cc(N4CCOCC4)c4nc(CN5CCOCC5)n(C)c4n3)n2)c1. The molecule has 9 heteroatoms. The molecule has 2 aliphatic heterocycles. The fourth-order valence-electron chi connectivity index (χ4n) is 4.84. The van der Waals surface area contributed by atoms with E-state index in [1.165, 1.54) is 5.56 Å². The molecule has 0 unspecified atom stereocenters. The van der Waals surface area contributed by atoms with Crippen molar-refractivity contribution in [1.29, 1.82) is 0 Å². The summed E-state index contributed by atoms with van der Waals surface area (Å²) < 4.78 is 15.1. The fraction of sp³-hybridized carbons (Fsp3) is 0.423. The molecule has 0 N–H and O–H groups in total. The van der Waals surface area contributed by atoms with Gasteiger partial charge in [-0.2, -0.15) is 5.10 Å². The molecule has 0 radical (unpaired) electrons. The predicted molar refractivity (Wildman–Crippen MR) is 135 cm³/mol. The van der Waals surface area contributed by atoms with E-state index in [9.17, 15) is 0 Å². The molecule has 0 saturated carbocycles. The van der Waals surface area contributed by atoms with Crippen molar-refractivity contribution in [3.63, 3.8) is 0 Å². The van der Waals surface area contributed by atoms with Gasteiger partial charge < -0.3 is 18.9 Å². The first-order valence-electron chi connectivity index (χ1n) is 12.3. The maximum Gasteiger partial charge on any atom is 0.164 e. The third kappa shape index (κ3) is 4.42. The average molecular weight is 474 g/mol. The molecule has 0 atom stereocenters. The number of hydrogen-bond acceptors (Lipinski definition) is 7. The smallest absolute Gasteiger partial charge is 0.164 e. The van der Waals surface area contributed by atoms with Crippen molar-refractivity contribution in [3.05, 3.63) is 54.0 Å². The molecular weight excluding hydrogens is 442 g/mol. The van der Waals surface area contributed by atoms with Crippen molar-refractivity contribution in [2.75, 3.05) is 57.5 Å². The van der Waals surface area contributed by atoms with Gasteiger partial charge in [0, 0.05) is 51.1 Å². The van der Waals surface area contributed by atoms with Crippen LogP contribution >= 0.6 is 0 Å².